The van der Waals surface area contributed by atoms with E-state index in [2.05, 4.69) is 16.0 Å². The summed E-state index contributed by atoms with van der Waals surface area (Å²) >= 11 is 0. The zero-order chi connectivity index (χ0) is 13.5. The van der Waals surface area contributed by atoms with Crippen molar-refractivity contribution in [1.82, 2.24) is 9.97 Å². The zero-order valence-electron chi connectivity index (χ0n) is 11.3. The zero-order valence-corrected chi connectivity index (χ0v) is 14.3. The van der Waals surface area contributed by atoms with Gasteiger partial charge in [-0.3, -0.25) is 0 Å². The van der Waals surface area contributed by atoms with E-state index in [1.807, 2.05) is 0 Å². The SMILES string of the molecule is CC(C)(C)C(=O)[O-].COc1[c-]cnc(OC)n1.[Zn+2]. The average molecular weight is 306 g/mol. The summed E-state index contributed by atoms with van der Waals surface area (Å²) in [5, 5.41) is 9.91. The minimum atomic E-state index is -1.01. The fraction of sp³-hybridized carbons (Fsp3) is 0.545. The normalized spacial score (nSPS) is 9.39. The quantitative estimate of drug-likeness (QED) is 0.568. The van der Waals surface area contributed by atoms with E-state index in [0.717, 1.165) is 0 Å². The Morgan fingerprint density at radius 2 is 1.83 bits per heavy atom. The fourth-order valence-corrected chi connectivity index (χ4v) is 0.494. The van der Waals surface area contributed by atoms with Gasteiger partial charge in [-0.1, -0.05) is 20.8 Å². The maximum Gasteiger partial charge on any atom is 2.00 e. The molecule has 0 saturated carbocycles. The van der Waals surface area contributed by atoms with Crippen LogP contribution in [0.3, 0.4) is 0 Å². The number of carbonyl (C=O) groups excluding carboxylic acids is 1. The molecule has 1 heterocycles. The first-order chi connectivity index (χ1) is 7.81. The van der Waals surface area contributed by atoms with Crippen LogP contribution in [-0.4, -0.2) is 30.2 Å². The third-order valence-electron chi connectivity index (χ3n) is 1.55. The first-order valence-corrected chi connectivity index (χ1v) is 4.85. The Kier molecular flexibility index (Phi) is 9.35. The summed E-state index contributed by atoms with van der Waals surface area (Å²) in [4.78, 5) is 17.4. The van der Waals surface area contributed by atoms with Crippen LogP contribution in [0.4, 0.5) is 0 Å². The topological polar surface area (TPSA) is 84.4 Å². The van der Waals surface area contributed by atoms with Gasteiger partial charge in [0.1, 0.15) is 0 Å². The van der Waals surface area contributed by atoms with E-state index < -0.39 is 11.4 Å². The van der Waals surface area contributed by atoms with Crippen LogP contribution >= 0.6 is 0 Å². The molecule has 0 aromatic carbocycles. The molecular formula is C11H16N2O4Zn. The second-order valence-electron chi connectivity index (χ2n) is 4.05. The van der Waals surface area contributed by atoms with Gasteiger partial charge >= 0.3 is 25.5 Å². The van der Waals surface area contributed by atoms with Gasteiger partial charge in [-0.15, -0.1) is 6.20 Å². The van der Waals surface area contributed by atoms with Gasteiger partial charge < -0.3 is 25.4 Å². The van der Waals surface area contributed by atoms with Gasteiger partial charge in [0.25, 0.3) is 0 Å². The first-order valence-electron chi connectivity index (χ1n) is 4.85. The van der Waals surface area contributed by atoms with Gasteiger partial charge in [-0.2, -0.15) is 4.98 Å². The van der Waals surface area contributed by atoms with Crippen molar-refractivity contribution in [1.29, 1.82) is 0 Å². The number of carboxylic acids is 1. The first kappa shape index (κ1) is 19.1. The third-order valence-corrected chi connectivity index (χ3v) is 1.55. The van der Waals surface area contributed by atoms with E-state index in [-0.39, 0.29) is 25.5 Å². The molecule has 6 nitrogen and oxygen atoms in total. The minimum Gasteiger partial charge on any atom is -0.550 e. The molecule has 0 atom stereocenters. The largest absolute Gasteiger partial charge is 2.00 e. The van der Waals surface area contributed by atoms with E-state index in [0.29, 0.717) is 5.88 Å². The number of nitrogens with zero attached hydrogens (tertiary/aromatic N) is 2. The smallest absolute Gasteiger partial charge is 0.550 e. The molecule has 0 saturated heterocycles. The number of aliphatic carboxylic acids is 1. The van der Waals surface area contributed by atoms with Gasteiger partial charge in [0.15, 0.2) is 0 Å². The molecular weight excluding hydrogens is 290 g/mol. The molecule has 1 aromatic rings. The Morgan fingerprint density at radius 1 is 1.33 bits per heavy atom. The fourth-order valence-electron chi connectivity index (χ4n) is 0.494. The molecule has 7 heteroatoms. The number of hydrogen-bond acceptors (Lipinski definition) is 6. The molecule has 0 radical (unpaired) electrons. The molecule has 1 aromatic heterocycles. The monoisotopic (exact) mass is 304 g/mol. The van der Waals surface area contributed by atoms with Gasteiger partial charge in [-0.05, 0) is 0 Å². The van der Waals surface area contributed by atoms with Gasteiger partial charge in [0.2, 0.25) is 0 Å². The second-order valence-corrected chi connectivity index (χ2v) is 4.05. The molecule has 0 spiro atoms. The number of carbonyl (C=O) groups is 1. The van der Waals surface area contributed by atoms with Crippen LogP contribution in [0.2, 0.25) is 0 Å². The maximum atomic E-state index is 9.91. The van der Waals surface area contributed by atoms with E-state index in [9.17, 15) is 9.90 Å². The Labute approximate surface area is 119 Å². The van der Waals surface area contributed by atoms with E-state index in [1.165, 1.54) is 20.4 Å². The summed E-state index contributed by atoms with van der Waals surface area (Å²) in [5.74, 6) is -0.626. The van der Waals surface area contributed by atoms with Crippen LogP contribution in [0.1, 0.15) is 20.8 Å². The maximum absolute atomic E-state index is 9.91. The number of hydrogen-bond donors (Lipinski definition) is 0. The average Bonchev–Trinajstić information content (AvgIpc) is 2.28. The molecule has 0 aliphatic heterocycles. The van der Waals surface area contributed by atoms with E-state index in [1.54, 1.807) is 20.8 Å². The van der Waals surface area contributed by atoms with Crippen molar-refractivity contribution in [3.63, 3.8) is 0 Å². The molecule has 0 bridgehead atoms. The molecule has 0 amide bonds. The van der Waals surface area contributed by atoms with Crippen LogP contribution in [0.25, 0.3) is 0 Å². The van der Waals surface area contributed by atoms with Crippen LogP contribution in [-0.2, 0) is 24.3 Å². The molecule has 0 aliphatic rings. The predicted octanol–water partition coefficient (Wildman–Crippen LogP) is 0.0739. The summed E-state index contributed by atoms with van der Waals surface area (Å²) in [7, 11) is 3.01. The molecule has 0 N–H and O–H groups in total. The van der Waals surface area contributed by atoms with Crippen molar-refractivity contribution >= 4 is 5.97 Å². The number of aromatic nitrogens is 2. The predicted molar refractivity (Wildman–Crippen MR) is 58.4 cm³/mol. The standard InChI is InChI=1S/C6H7N2O2.C5H10O2.Zn/c1-9-5-3-4-7-6(8-5)10-2;1-5(2,3)4(6)7;/h4H,1-2H3;1-3H3,(H,6,7);/q-1;;+2/p-1. The number of methoxy groups -OCH3 is 2. The van der Waals surface area contributed by atoms with Gasteiger partial charge in [0, 0.05) is 17.3 Å². The molecule has 0 fully saturated rings. The minimum absolute atomic E-state index is 0. The number of carboxylic acid groups (broad SMARTS) is 1. The van der Waals surface area contributed by atoms with Crippen molar-refractivity contribution in [2.24, 2.45) is 5.41 Å². The Balaban J connectivity index is 0. The summed E-state index contributed by atoms with van der Waals surface area (Å²) < 4.78 is 9.50. The molecule has 96 valence electrons. The van der Waals surface area contributed by atoms with Crippen LogP contribution in [0.5, 0.6) is 11.9 Å². The molecule has 18 heavy (non-hydrogen) atoms. The summed E-state index contributed by atoms with van der Waals surface area (Å²) in [6.45, 7) is 4.80. The summed E-state index contributed by atoms with van der Waals surface area (Å²) in [6.07, 6.45) is 1.45. The summed E-state index contributed by atoms with van der Waals surface area (Å²) in [5.41, 5.74) is -0.694. The van der Waals surface area contributed by atoms with Crippen molar-refractivity contribution < 1.29 is 38.9 Å². The van der Waals surface area contributed by atoms with Gasteiger partial charge in [0.05, 0.1) is 14.2 Å². The molecule has 0 aliphatic carbocycles. The van der Waals surface area contributed by atoms with Crippen molar-refractivity contribution in [3.8, 4) is 11.9 Å². The number of rotatable bonds is 2. The van der Waals surface area contributed by atoms with E-state index in [4.69, 9.17) is 9.47 Å². The van der Waals surface area contributed by atoms with Crippen LogP contribution < -0.4 is 14.6 Å². The molecule has 0 unspecified atom stereocenters. The Hall–Kier alpha value is -1.23. The Bertz CT molecular complexity index is 347. The Morgan fingerprint density at radius 3 is 2.17 bits per heavy atom. The second kappa shape index (κ2) is 8.80. The van der Waals surface area contributed by atoms with Crippen molar-refractivity contribution in [2.45, 2.75) is 20.8 Å². The number of ether oxygens (including phenoxy) is 2. The van der Waals surface area contributed by atoms with Crippen LogP contribution in [0, 0.1) is 11.5 Å². The molecule has 1 rings (SSSR count). The van der Waals surface area contributed by atoms with Crippen LogP contribution in [0.15, 0.2) is 6.20 Å². The van der Waals surface area contributed by atoms with E-state index >= 15 is 0 Å². The summed E-state index contributed by atoms with van der Waals surface area (Å²) in [6, 6.07) is 2.96. The third kappa shape index (κ3) is 7.95. The van der Waals surface area contributed by atoms with Crippen molar-refractivity contribution in [2.75, 3.05) is 14.2 Å². The van der Waals surface area contributed by atoms with Crippen molar-refractivity contribution in [3.05, 3.63) is 12.3 Å². The van der Waals surface area contributed by atoms with Gasteiger partial charge in [-0.25, -0.2) is 4.98 Å².